The van der Waals surface area contributed by atoms with Gasteiger partial charge in [-0.25, -0.2) is 4.79 Å². The number of hydrogen-bond donors (Lipinski definition) is 3. The number of carbonyl (C=O) groups excluding carboxylic acids is 2. The van der Waals surface area contributed by atoms with E-state index in [9.17, 15) is 13.8 Å². The maximum absolute atomic E-state index is 12.8. The lowest BCUT2D eigenvalue weighted by Crippen LogP contribution is -2.56. The van der Waals surface area contributed by atoms with E-state index in [2.05, 4.69) is 15.6 Å². The highest BCUT2D eigenvalue weighted by molar-refractivity contribution is 7.85. The van der Waals surface area contributed by atoms with Crippen LogP contribution in [0.4, 0.5) is 4.79 Å². The van der Waals surface area contributed by atoms with Crippen LogP contribution in [-0.4, -0.2) is 39.0 Å². The van der Waals surface area contributed by atoms with Crippen LogP contribution in [0.5, 0.6) is 5.75 Å². The summed E-state index contributed by atoms with van der Waals surface area (Å²) in [7, 11) is -1.54. The van der Waals surface area contributed by atoms with Gasteiger partial charge < -0.3 is 15.8 Å². The number of aryl methyl sites for hydroxylation is 1. The molecule has 2 atom stereocenters. The Kier molecular flexibility index (Phi) is 5.71. The van der Waals surface area contributed by atoms with Crippen molar-refractivity contribution in [2.24, 2.45) is 5.73 Å². The van der Waals surface area contributed by atoms with Crippen LogP contribution < -0.4 is 21.1 Å². The van der Waals surface area contributed by atoms with Crippen molar-refractivity contribution in [1.29, 1.82) is 0 Å². The number of rotatable bonds is 7. The first-order valence-electron chi connectivity index (χ1n) is 9.70. The van der Waals surface area contributed by atoms with Crippen molar-refractivity contribution in [3.05, 3.63) is 65.9 Å². The second-order valence-electron chi connectivity index (χ2n) is 7.38. The molecule has 0 spiro atoms. The van der Waals surface area contributed by atoms with Crippen LogP contribution in [0.25, 0.3) is 10.9 Å². The highest BCUT2D eigenvalue weighted by Crippen LogP contribution is 2.22. The predicted octanol–water partition coefficient (Wildman–Crippen LogP) is 1.77. The fraction of sp³-hybridized carbons (Fsp3) is 0.227. The largest absolute Gasteiger partial charge is 0.489 e. The summed E-state index contributed by atoms with van der Waals surface area (Å²) in [6.07, 6.45) is 0. The van der Waals surface area contributed by atoms with Gasteiger partial charge in [0.25, 0.3) is 5.91 Å². The zero-order valence-corrected chi connectivity index (χ0v) is 17.7. The fourth-order valence-electron chi connectivity index (χ4n) is 3.50. The van der Waals surface area contributed by atoms with Crippen molar-refractivity contribution in [3.8, 4) is 5.75 Å². The lowest BCUT2D eigenvalue weighted by atomic mass is 10.0. The number of fused-ring (bicyclic) bond motifs is 1. The Labute approximate surface area is 181 Å². The van der Waals surface area contributed by atoms with Crippen LogP contribution in [0.15, 0.2) is 59.5 Å². The monoisotopic (exact) mass is 438 g/mol. The van der Waals surface area contributed by atoms with Gasteiger partial charge in [-0.2, -0.15) is 0 Å². The molecule has 0 saturated carbocycles. The summed E-state index contributed by atoms with van der Waals surface area (Å²) in [4.78, 5) is 28.6. The zero-order valence-electron chi connectivity index (χ0n) is 16.9. The molecule has 2 heterocycles. The molecule has 4 rings (SSSR count). The topological polar surface area (TPSA) is 123 Å². The Morgan fingerprint density at radius 3 is 2.55 bits per heavy atom. The van der Waals surface area contributed by atoms with Crippen molar-refractivity contribution in [3.63, 3.8) is 0 Å². The molecule has 160 valence electrons. The van der Waals surface area contributed by atoms with Crippen LogP contribution in [-0.2, 0) is 22.2 Å². The second-order valence-corrected chi connectivity index (χ2v) is 8.84. The van der Waals surface area contributed by atoms with Crippen LogP contribution in [0, 0.1) is 6.92 Å². The van der Waals surface area contributed by atoms with Crippen LogP contribution in [0.2, 0.25) is 0 Å². The molecule has 1 aromatic heterocycles. The maximum Gasteiger partial charge on any atom is 0.322 e. The van der Waals surface area contributed by atoms with E-state index in [1.807, 2.05) is 37.3 Å². The van der Waals surface area contributed by atoms with Crippen molar-refractivity contribution in [2.45, 2.75) is 24.0 Å². The Morgan fingerprint density at radius 1 is 1.13 bits per heavy atom. The van der Waals surface area contributed by atoms with Gasteiger partial charge in [-0.05, 0) is 43.3 Å². The summed E-state index contributed by atoms with van der Waals surface area (Å²) in [5.74, 6) is -0.0447. The molecule has 1 aliphatic heterocycles. The minimum absolute atomic E-state index is 0.108. The Morgan fingerprint density at radius 2 is 1.87 bits per heavy atom. The summed E-state index contributed by atoms with van der Waals surface area (Å²) >= 11 is 0. The molecule has 3 amide bonds. The van der Waals surface area contributed by atoms with E-state index in [-0.39, 0.29) is 12.3 Å². The van der Waals surface area contributed by atoms with Gasteiger partial charge in [0.15, 0.2) is 0 Å². The maximum atomic E-state index is 12.8. The molecule has 2 aromatic carbocycles. The van der Waals surface area contributed by atoms with Crippen LogP contribution >= 0.6 is 0 Å². The molecule has 9 heteroatoms. The van der Waals surface area contributed by atoms with E-state index in [1.54, 1.807) is 24.3 Å². The Balaban J connectivity index is 1.45. The number of nitrogens with one attached hydrogen (secondary N) is 2. The van der Waals surface area contributed by atoms with Crippen molar-refractivity contribution >= 4 is 33.6 Å². The van der Waals surface area contributed by atoms with E-state index >= 15 is 0 Å². The first-order valence-corrected chi connectivity index (χ1v) is 11.0. The molecular formula is C22H22N4O4S. The van der Waals surface area contributed by atoms with E-state index < -0.39 is 28.3 Å². The summed E-state index contributed by atoms with van der Waals surface area (Å²) in [5, 5.41) is 5.67. The number of benzene rings is 2. The molecule has 8 nitrogen and oxygen atoms in total. The molecule has 4 N–H and O–H groups in total. The predicted molar refractivity (Wildman–Crippen MR) is 117 cm³/mol. The summed E-state index contributed by atoms with van der Waals surface area (Å²) in [6.45, 7) is 2.17. The van der Waals surface area contributed by atoms with Crippen molar-refractivity contribution < 1.29 is 18.5 Å². The molecule has 1 aliphatic rings. The van der Waals surface area contributed by atoms with E-state index in [4.69, 9.17) is 10.5 Å². The highest BCUT2D eigenvalue weighted by Gasteiger charge is 2.46. The zero-order chi connectivity index (χ0) is 22.0. The molecule has 0 aliphatic carbocycles. The van der Waals surface area contributed by atoms with E-state index in [1.165, 1.54) is 0 Å². The average Bonchev–Trinajstić information content (AvgIpc) is 3.05. The lowest BCUT2D eigenvalue weighted by Gasteiger charge is -2.23. The number of aromatic nitrogens is 1. The van der Waals surface area contributed by atoms with Gasteiger partial charge >= 0.3 is 6.03 Å². The second kappa shape index (κ2) is 8.44. The van der Waals surface area contributed by atoms with Crippen LogP contribution in [0.1, 0.15) is 11.3 Å². The molecule has 1 saturated heterocycles. The molecule has 3 aromatic rings. The van der Waals surface area contributed by atoms with Gasteiger partial charge in [-0.1, -0.05) is 18.2 Å². The third-order valence-corrected chi connectivity index (χ3v) is 6.70. The first kappa shape index (κ1) is 21.0. The number of pyridine rings is 1. The lowest BCUT2D eigenvalue weighted by molar-refractivity contribution is -0.122. The van der Waals surface area contributed by atoms with Gasteiger partial charge in [0.1, 0.15) is 17.9 Å². The Hall–Kier alpha value is -3.30. The number of nitrogens with two attached hydrogens (primary N) is 1. The minimum atomic E-state index is -1.54. The third-order valence-electron chi connectivity index (χ3n) is 5.15. The van der Waals surface area contributed by atoms with Gasteiger partial charge in [0.05, 0.1) is 22.1 Å². The average molecular weight is 439 g/mol. The van der Waals surface area contributed by atoms with Gasteiger partial charge in [-0.15, -0.1) is 0 Å². The van der Waals surface area contributed by atoms with E-state index in [0.717, 1.165) is 22.2 Å². The fourth-order valence-corrected chi connectivity index (χ4v) is 4.88. The summed E-state index contributed by atoms with van der Waals surface area (Å²) in [6, 6.07) is 16.1. The molecule has 0 bridgehead atoms. The summed E-state index contributed by atoms with van der Waals surface area (Å²) < 4.78 is 18.7. The number of nitrogens with zero attached hydrogens (tertiary/aromatic N) is 1. The normalized spacial score (nSPS) is 19.2. The third kappa shape index (κ3) is 4.28. The smallest absolute Gasteiger partial charge is 0.322 e. The molecule has 31 heavy (non-hydrogen) atoms. The van der Waals surface area contributed by atoms with Crippen LogP contribution in [0.3, 0.4) is 0 Å². The number of ether oxygens (including phenoxy) is 1. The number of carbonyl (C=O) groups is 2. The Bertz CT molecular complexity index is 1180. The van der Waals surface area contributed by atoms with Gasteiger partial charge in [0, 0.05) is 28.1 Å². The number of urea groups is 1. The number of hydrogen-bond acceptors (Lipinski definition) is 6. The molecule has 2 unspecified atom stereocenters. The van der Waals surface area contributed by atoms with Gasteiger partial charge in [0.2, 0.25) is 0 Å². The van der Waals surface area contributed by atoms with Gasteiger partial charge in [-0.3, -0.25) is 19.3 Å². The minimum Gasteiger partial charge on any atom is -0.489 e. The molecular weight excluding hydrogens is 416 g/mol. The summed E-state index contributed by atoms with van der Waals surface area (Å²) in [5.41, 5.74) is 7.19. The molecule has 0 radical (unpaired) electrons. The van der Waals surface area contributed by atoms with Crippen molar-refractivity contribution in [2.75, 3.05) is 12.3 Å². The highest BCUT2D eigenvalue weighted by atomic mass is 32.2. The SMILES string of the molecule is Cc1cc(COc2ccc(S(=O)CC3(CN)NC(=O)NC3=O)cc2)c2ccccc2n1. The van der Waals surface area contributed by atoms with Crippen molar-refractivity contribution in [1.82, 2.24) is 15.6 Å². The number of amides is 3. The first-order chi connectivity index (χ1) is 14.9. The van der Waals surface area contributed by atoms with E-state index in [0.29, 0.717) is 17.3 Å². The number of imide groups is 1. The molecule has 1 fully saturated rings. The number of para-hydroxylation sites is 1. The standard InChI is InChI=1S/C22H22N4O4S/c1-14-10-15(18-4-2-3-5-19(18)24-14)11-30-16-6-8-17(9-7-16)31(29)13-22(12-23)20(27)25-21(28)26-22/h2-10H,11-13,23H2,1H3,(H2,25,26,27,28). The quantitative estimate of drug-likeness (QED) is 0.483.